The van der Waals surface area contributed by atoms with Crippen molar-refractivity contribution in [3.8, 4) is 0 Å². The molecule has 1 aliphatic rings. The first-order valence-corrected chi connectivity index (χ1v) is 6.62. The van der Waals surface area contributed by atoms with E-state index in [4.69, 9.17) is 5.11 Å². The Morgan fingerprint density at radius 3 is 3.05 bits per heavy atom. The zero-order chi connectivity index (χ0) is 13.8. The third kappa shape index (κ3) is 3.01. The standard InChI is InChI=1S/C13H19N3O3/c1-10-8-13(14-9-12(10)16(18)19)15-6-2-4-11(15)5-3-7-17/h8-9,11,17H,2-7H2,1H3. The van der Waals surface area contributed by atoms with Gasteiger partial charge < -0.3 is 10.0 Å². The first-order valence-electron chi connectivity index (χ1n) is 6.62. The summed E-state index contributed by atoms with van der Waals surface area (Å²) in [6, 6.07) is 2.18. The fourth-order valence-electron chi connectivity index (χ4n) is 2.65. The molecule has 0 aliphatic carbocycles. The minimum Gasteiger partial charge on any atom is -0.396 e. The Bertz CT molecular complexity index is 464. The molecule has 0 bridgehead atoms. The molecule has 6 nitrogen and oxygen atoms in total. The summed E-state index contributed by atoms with van der Waals surface area (Å²) in [5.41, 5.74) is 0.706. The van der Waals surface area contributed by atoms with Gasteiger partial charge in [-0.1, -0.05) is 0 Å². The molecule has 1 fully saturated rings. The summed E-state index contributed by atoms with van der Waals surface area (Å²) in [6.45, 7) is 2.87. The van der Waals surface area contributed by atoms with Crippen LogP contribution < -0.4 is 4.90 Å². The Morgan fingerprint density at radius 1 is 1.63 bits per heavy atom. The van der Waals surface area contributed by atoms with Gasteiger partial charge in [-0.15, -0.1) is 0 Å². The van der Waals surface area contributed by atoms with E-state index in [1.165, 1.54) is 6.20 Å². The first-order chi connectivity index (χ1) is 9.13. The van der Waals surface area contributed by atoms with Crippen LogP contribution in [0, 0.1) is 17.0 Å². The molecule has 6 heteroatoms. The highest BCUT2D eigenvalue weighted by atomic mass is 16.6. The number of hydrogen-bond acceptors (Lipinski definition) is 5. The second-order valence-corrected chi connectivity index (χ2v) is 4.94. The van der Waals surface area contributed by atoms with E-state index in [1.807, 2.05) is 0 Å². The Kier molecular flexibility index (Phi) is 4.31. The van der Waals surface area contributed by atoms with Crippen LogP contribution in [0.3, 0.4) is 0 Å². The molecule has 0 saturated carbocycles. The number of anilines is 1. The molecule has 1 aromatic rings. The fourth-order valence-corrected chi connectivity index (χ4v) is 2.65. The van der Waals surface area contributed by atoms with Crippen molar-refractivity contribution < 1.29 is 10.0 Å². The van der Waals surface area contributed by atoms with Crippen molar-refractivity contribution >= 4 is 11.5 Å². The van der Waals surface area contributed by atoms with Gasteiger partial charge in [0.05, 0.1) is 4.92 Å². The van der Waals surface area contributed by atoms with Crippen LogP contribution in [0.25, 0.3) is 0 Å². The van der Waals surface area contributed by atoms with Crippen molar-refractivity contribution in [3.63, 3.8) is 0 Å². The molecule has 0 radical (unpaired) electrons. The summed E-state index contributed by atoms with van der Waals surface area (Å²) >= 11 is 0. The van der Waals surface area contributed by atoms with Gasteiger partial charge in [0.2, 0.25) is 0 Å². The van der Waals surface area contributed by atoms with E-state index in [0.29, 0.717) is 11.6 Å². The van der Waals surface area contributed by atoms with E-state index in [1.54, 1.807) is 13.0 Å². The Balaban J connectivity index is 2.16. The molecule has 19 heavy (non-hydrogen) atoms. The highest BCUT2D eigenvalue weighted by Gasteiger charge is 2.26. The van der Waals surface area contributed by atoms with Gasteiger partial charge in [0, 0.05) is 24.8 Å². The Hall–Kier alpha value is -1.69. The van der Waals surface area contributed by atoms with Crippen molar-refractivity contribution in [2.75, 3.05) is 18.1 Å². The van der Waals surface area contributed by atoms with E-state index in [-0.39, 0.29) is 12.3 Å². The lowest BCUT2D eigenvalue weighted by Gasteiger charge is -2.25. The maximum Gasteiger partial charge on any atom is 0.290 e. The van der Waals surface area contributed by atoms with E-state index >= 15 is 0 Å². The number of hydrogen-bond donors (Lipinski definition) is 1. The molecule has 0 spiro atoms. The van der Waals surface area contributed by atoms with Crippen molar-refractivity contribution in [1.29, 1.82) is 0 Å². The molecule has 0 amide bonds. The van der Waals surface area contributed by atoms with Gasteiger partial charge in [0.25, 0.3) is 5.69 Å². The van der Waals surface area contributed by atoms with Crippen molar-refractivity contribution in [1.82, 2.24) is 4.98 Å². The number of pyridine rings is 1. The third-order valence-electron chi connectivity index (χ3n) is 3.63. The predicted molar refractivity (Wildman–Crippen MR) is 72.3 cm³/mol. The van der Waals surface area contributed by atoms with Gasteiger partial charge >= 0.3 is 0 Å². The molecule has 1 aromatic heterocycles. The predicted octanol–water partition coefficient (Wildman–Crippen LogP) is 2.04. The van der Waals surface area contributed by atoms with Gasteiger partial charge in [-0.25, -0.2) is 4.98 Å². The van der Waals surface area contributed by atoms with Crippen LogP contribution in [0.15, 0.2) is 12.3 Å². The molecule has 1 atom stereocenters. The quantitative estimate of drug-likeness (QED) is 0.651. The van der Waals surface area contributed by atoms with Crippen molar-refractivity contribution in [2.24, 2.45) is 0 Å². The number of aryl methyl sites for hydroxylation is 1. The Labute approximate surface area is 112 Å². The number of aromatic nitrogens is 1. The lowest BCUT2D eigenvalue weighted by Crippen LogP contribution is -2.30. The SMILES string of the molecule is Cc1cc(N2CCCC2CCCO)ncc1[N+](=O)[O-]. The van der Waals surface area contributed by atoms with E-state index < -0.39 is 4.92 Å². The fraction of sp³-hybridized carbons (Fsp3) is 0.615. The zero-order valence-corrected chi connectivity index (χ0v) is 11.1. The summed E-state index contributed by atoms with van der Waals surface area (Å²) in [5.74, 6) is 0.809. The highest BCUT2D eigenvalue weighted by molar-refractivity contribution is 5.49. The molecule has 1 aliphatic heterocycles. The molecular formula is C13H19N3O3. The molecule has 2 rings (SSSR count). The van der Waals surface area contributed by atoms with Gasteiger partial charge in [-0.3, -0.25) is 10.1 Å². The van der Waals surface area contributed by atoms with Crippen LogP contribution in [0.1, 0.15) is 31.2 Å². The van der Waals surface area contributed by atoms with Gasteiger partial charge in [0.1, 0.15) is 12.0 Å². The third-order valence-corrected chi connectivity index (χ3v) is 3.63. The van der Waals surface area contributed by atoms with Gasteiger partial charge in [0.15, 0.2) is 0 Å². The van der Waals surface area contributed by atoms with Crippen LogP contribution in [-0.4, -0.2) is 34.2 Å². The topological polar surface area (TPSA) is 79.5 Å². The summed E-state index contributed by atoms with van der Waals surface area (Å²) in [5, 5.41) is 19.7. The second kappa shape index (κ2) is 5.97. The maximum absolute atomic E-state index is 10.8. The molecule has 2 heterocycles. The smallest absolute Gasteiger partial charge is 0.290 e. The summed E-state index contributed by atoms with van der Waals surface area (Å²) in [4.78, 5) is 16.8. The lowest BCUT2D eigenvalue weighted by molar-refractivity contribution is -0.385. The molecule has 1 N–H and O–H groups in total. The molecule has 1 saturated heterocycles. The Morgan fingerprint density at radius 2 is 2.42 bits per heavy atom. The van der Waals surface area contributed by atoms with Crippen LogP contribution in [0.2, 0.25) is 0 Å². The van der Waals surface area contributed by atoms with Gasteiger partial charge in [-0.05, 0) is 38.7 Å². The highest BCUT2D eigenvalue weighted by Crippen LogP contribution is 2.29. The largest absolute Gasteiger partial charge is 0.396 e. The van der Waals surface area contributed by atoms with E-state index in [9.17, 15) is 10.1 Å². The number of nitrogens with zero attached hydrogens (tertiary/aromatic N) is 3. The normalized spacial score (nSPS) is 18.8. The monoisotopic (exact) mass is 265 g/mol. The van der Waals surface area contributed by atoms with Crippen molar-refractivity contribution in [3.05, 3.63) is 27.9 Å². The minimum atomic E-state index is -0.403. The van der Waals surface area contributed by atoms with Crippen LogP contribution >= 0.6 is 0 Å². The number of aliphatic hydroxyl groups excluding tert-OH is 1. The van der Waals surface area contributed by atoms with E-state index in [0.717, 1.165) is 38.0 Å². The first kappa shape index (κ1) is 13.7. The van der Waals surface area contributed by atoms with E-state index in [2.05, 4.69) is 9.88 Å². The lowest BCUT2D eigenvalue weighted by atomic mass is 10.1. The number of rotatable bonds is 5. The molecule has 1 unspecified atom stereocenters. The summed E-state index contributed by atoms with van der Waals surface area (Å²) < 4.78 is 0. The molecular weight excluding hydrogens is 246 g/mol. The molecule has 104 valence electrons. The van der Waals surface area contributed by atoms with Crippen LogP contribution in [0.4, 0.5) is 11.5 Å². The maximum atomic E-state index is 10.8. The van der Waals surface area contributed by atoms with Crippen LogP contribution in [-0.2, 0) is 0 Å². The average Bonchev–Trinajstić information content (AvgIpc) is 2.83. The second-order valence-electron chi connectivity index (χ2n) is 4.94. The van der Waals surface area contributed by atoms with Gasteiger partial charge in [-0.2, -0.15) is 0 Å². The average molecular weight is 265 g/mol. The number of nitro groups is 1. The number of aliphatic hydroxyl groups is 1. The molecule has 0 aromatic carbocycles. The summed E-state index contributed by atoms with van der Waals surface area (Å²) in [6.07, 6.45) is 5.26. The van der Waals surface area contributed by atoms with Crippen LogP contribution in [0.5, 0.6) is 0 Å². The zero-order valence-electron chi connectivity index (χ0n) is 11.1. The minimum absolute atomic E-state index is 0.0647. The summed E-state index contributed by atoms with van der Waals surface area (Å²) in [7, 11) is 0. The van der Waals surface area contributed by atoms with Crippen molar-refractivity contribution in [2.45, 2.75) is 38.6 Å².